The van der Waals surface area contributed by atoms with E-state index in [1.165, 1.54) is 0 Å². The van der Waals surface area contributed by atoms with Crippen LogP contribution in [0, 0.1) is 0 Å². The second-order valence-corrected chi connectivity index (χ2v) is 5.57. The molecule has 0 aliphatic carbocycles. The molecule has 5 nitrogen and oxygen atoms in total. The van der Waals surface area contributed by atoms with Crippen molar-refractivity contribution in [3.8, 4) is 0 Å². The molecule has 1 rings (SSSR count). The predicted octanol–water partition coefficient (Wildman–Crippen LogP) is 2.83. The summed E-state index contributed by atoms with van der Waals surface area (Å²) < 4.78 is 0. The van der Waals surface area contributed by atoms with Crippen LogP contribution in [0.5, 0.6) is 0 Å². The number of aromatic nitrogens is 2. The molecule has 0 spiro atoms. The molecular formula is C15H29N5. The molecule has 0 saturated heterocycles. The highest BCUT2D eigenvalue weighted by atomic mass is 15.2. The topological polar surface area (TPSA) is 53.1 Å². The van der Waals surface area contributed by atoms with Crippen molar-refractivity contribution in [2.24, 2.45) is 0 Å². The van der Waals surface area contributed by atoms with Crippen molar-refractivity contribution in [1.29, 1.82) is 0 Å². The van der Waals surface area contributed by atoms with Crippen LogP contribution < -0.4 is 10.6 Å². The summed E-state index contributed by atoms with van der Waals surface area (Å²) in [6.07, 6.45) is 4.61. The molecule has 0 aliphatic heterocycles. The fourth-order valence-electron chi connectivity index (χ4n) is 2.22. The highest BCUT2D eigenvalue weighted by Crippen LogP contribution is 2.08. The molecule has 0 aliphatic rings. The molecule has 0 fully saturated rings. The lowest BCUT2D eigenvalue weighted by Crippen LogP contribution is -2.40. The Bertz CT molecular complexity index is 370. The fourth-order valence-corrected chi connectivity index (χ4v) is 2.22. The summed E-state index contributed by atoms with van der Waals surface area (Å²) in [7, 11) is 0. The molecule has 1 heterocycles. The van der Waals surface area contributed by atoms with Crippen molar-refractivity contribution in [3.63, 3.8) is 0 Å². The van der Waals surface area contributed by atoms with Gasteiger partial charge < -0.3 is 10.6 Å². The molecule has 114 valence electrons. The van der Waals surface area contributed by atoms with Gasteiger partial charge in [-0.2, -0.15) is 0 Å². The minimum absolute atomic E-state index is 0.556. The summed E-state index contributed by atoms with van der Waals surface area (Å²) in [6, 6.07) is 1.11. The van der Waals surface area contributed by atoms with Crippen molar-refractivity contribution in [1.82, 2.24) is 14.9 Å². The Hall–Kier alpha value is -1.36. The third kappa shape index (κ3) is 5.74. The first-order chi connectivity index (χ1) is 9.54. The molecule has 20 heavy (non-hydrogen) atoms. The van der Waals surface area contributed by atoms with Crippen LogP contribution in [0.2, 0.25) is 0 Å². The first-order valence-corrected chi connectivity index (χ1v) is 7.60. The largest absolute Gasteiger partial charge is 0.369 e. The SMILES string of the molecule is CCCNc1cncc(NCCN(C(C)C)C(C)C)n1. The van der Waals surface area contributed by atoms with Gasteiger partial charge in [0.2, 0.25) is 0 Å². The van der Waals surface area contributed by atoms with Crippen molar-refractivity contribution in [2.45, 2.75) is 53.1 Å². The van der Waals surface area contributed by atoms with Gasteiger partial charge >= 0.3 is 0 Å². The highest BCUT2D eigenvalue weighted by Gasteiger charge is 2.12. The smallest absolute Gasteiger partial charge is 0.147 e. The van der Waals surface area contributed by atoms with Crippen LogP contribution in [0.3, 0.4) is 0 Å². The van der Waals surface area contributed by atoms with E-state index < -0.39 is 0 Å². The first-order valence-electron chi connectivity index (χ1n) is 7.60. The fraction of sp³-hybridized carbons (Fsp3) is 0.733. The monoisotopic (exact) mass is 279 g/mol. The van der Waals surface area contributed by atoms with Gasteiger partial charge in [0.25, 0.3) is 0 Å². The van der Waals surface area contributed by atoms with E-state index in [1.54, 1.807) is 12.4 Å². The van der Waals surface area contributed by atoms with E-state index in [0.717, 1.165) is 37.7 Å². The second kappa shape index (κ2) is 8.74. The standard InChI is InChI=1S/C15H29N5/c1-6-7-17-14-10-16-11-15(19-14)18-8-9-20(12(2)3)13(4)5/h10-13H,6-9H2,1-5H3,(H2,17,18,19). The van der Waals surface area contributed by atoms with Crippen LogP contribution in [0.25, 0.3) is 0 Å². The van der Waals surface area contributed by atoms with Gasteiger partial charge in [-0.25, -0.2) is 4.98 Å². The molecule has 1 aromatic rings. The van der Waals surface area contributed by atoms with E-state index in [-0.39, 0.29) is 0 Å². The zero-order chi connectivity index (χ0) is 15.0. The molecule has 0 amide bonds. The quantitative estimate of drug-likeness (QED) is 0.728. The van der Waals surface area contributed by atoms with E-state index in [4.69, 9.17) is 0 Å². The molecular weight excluding hydrogens is 250 g/mol. The number of hydrogen-bond donors (Lipinski definition) is 2. The number of nitrogens with one attached hydrogen (secondary N) is 2. The Balaban J connectivity index is 2.45. The Labute approximate surface area is 123 Å². The number of anilines is 2. The van der Waals surface area contributed by atoms with Crippen LogP contribution in [-0.4, -0.2) is 46.6 Å². The van der Waals surface area contributed by atoms with Gasteiger partial charge in [-0.05, 0) is 34.1 Å². The van der Waals surface area contributed by atoms with Crippen molar-refractivity contribution < 1.29 is 0 Å². The van der Waals surface area contributed by atoms with E-state index in [9.17, 15) is 0 Å². The average Bonchev–Trinajstić information content (AvgIpc) is 2.41. The molecule has 5 heteroatoms. The lowest BCUT2D eigenvalue weighted by molar-refractivity contribution is 0.182. The highest BCUT2D eigenvalue weighted by molar-refractivity contribution is 5.41. The first kappa shape index (κ1) is 16.7. The predicted molar refractivity (Wildman–Crippen MR) is 86.3 cm³/mol. The lowest BCUT2D eigenvalue weighted by Gasteiger charge is -2.30. The second-order valence-electron chi connectivity index (χ2n) is 5.57. The normalized spacial score (nSPS) is 11.4. The summed E-state index contributed by atoms with van der Waals surface area (Å²) in [6.45, 7) is 13.9. The van der Waals surface area contributed by atoms with E-state index in [2.05, 4.69) is 60.1 Å². The van der Waals surface area contributed by atoms with E-state index in [0.29, 0.717) is 12.1 Å². The summed E-state index contributed by atoms with van der Waals surface area (Å²) >= 11 is 0. The zero-order valence-corrected chi connectivity index (χ0v) is 13.5. The molecule has 0 radical (unpaired) electrons. The summed E-state index contributed by atoms with van der Waals surface area (Å²) in [5.74, 6) is 1.67. The number of nitrogens with zero attached hydrogens (tertiary/aromatic N) is 3. The van der Waals surface area contributed by atoms with Crippen LogP contribution in [0.4, 0.5) is 11.6 Å². The van der Waals surface area contributed by atoms with E-state index >= 15 is 0 Å². The van der Waals surface area contributed by atoms with Crippen molar-refractivity contribution in [3.05, 3.63) is 12.4 Å². The minimum Gasteiger partial charge on any atom is -0.369 e. The third-order valence-corrected chi connectivity index (χ3v) is 3.19. The molecule has 0 aromatic carbocycles. The third-order valence-electron chi connectivity index (χ3n) is 3.19. The van der Waals surface area contributed by atoms with Crippen molar-refractivity contribution >= 4 is 11.6 Å². The summed E-state index contributed by atoms with van der Waals surface area (Å²) in [4.78, 5) is 11.2. The Morgan fingerprint density at radius 2 is 1.55 bits per heavy atom. The Morgan fingerprint density at radius 3 is 2.05 bits per heavy atom. The lowest BCUT2D eigenvalue weighted by atomic mass is 10.2. The Morgan fingerprint density at radius 1 is 1.00 bits per heavy atom. The number of rotatable bonds is 9. The maximum atomic E-state index is 4.49. The molecule has 1 aromatic heterocycles. The van der Waals surface area contributed by atoms with Gasteiger partial charge in [0.05, 0.1) is 12.4 Å². The molecule has 0 saturated carbocycles. The molecule has 2 N–H and O–H groups in total. The van der Waals surface area contributed by atoms with Crippen LogP contribution in [-0.2, 0) is 0 Å². The molecule has 0 atom stereocenters. The van der Waals surface area contributed by atoms with Gasteiger partial charge in [-0.15, -0.1) is 0 Å². The molecule has 0 unspecified atom stereocenters. The summed E-state index contributed by atoms with van der Waals surface area (Å²) in [5, 5.41) is 6.59. The minimum atomic E-state index is 0.556. The van der Waals surface area contributed by atoms with Gasteiger partial charge in [-0.3, -0.25) is 9.88 Å². The maximum Gasteiger partial charge on any atom is 0.147 e. The average molecular weight is 279 g/mol. The van der Waals surface area contributed by atoms with Crippen LogP contribution in [0.1, 0.15) is 41.0 Å². The summed E-state index contributed by atoms with van der Waals surface area (Å²) in [5.41, 5.74) is 0. The Kier molecular flexibility index (Phi) is 7.30. The number of hydrogen-bond acceptors (Lipinski definition) is 5. The van der Waals surface area contributed by atoms with Crippen molar-refractivity contribution in [2.75, 3.05) is 30.3 Å². The maximum absolute atomic E-state index is 4.49. The zero-order valence-electron chi connectivity index (χ0n) is 13.5. The van der Waals surface area contributed by atoms with Crippen LogP contribution in [0.15, 0.2) is 12.4 Å². The van der Waals surface area contributed by atoms with Gasteiger partial charge in [0.1, 0.15) is 11.6 Å². The van der Waals surface area contributed by atoms with Crippen LogP contribution >= 0.6 is 0 Å². The van der Waals surface area contributed by atoms with E-state index in [1.807, 2.05) is 0 Å². The molecule has 0 bridgehead atoms. The van der Waals surface area contributed by atoms with Gasteiger partial charge in [0, 0.05) is 31.7 Å². The van der Waals surface area contributed by atoms with Gasteiger partial charge in [0.15, 0.2) is 0 Å². The van der Waals surface area contributed by atoms with Gasteiger partial charge in [-0.1, -0.05) is 6.92 Å².